The maximum atomic E-state index is 9.10. The van der Waals surface area contributed by atoms with Gasteiger partial charge in [-0.25, -0.2) is 4.98 Å². The highest BCUT2D eigenvalue weighted by atomic mass is 32.1. The molecule has 0 saturated heterocycles. The molecule has 3 heterocycles. The molecule has 1 aromatic carbocycles. The lowest BCUT2D eigenvalue weighted by Gasteiger charge is -2.08. The Balaban J connectivity index is 1.61. The molecule has 7 heteroatoms. The molecule has 0 spiro atoms. The zero-order chi connectivity index (χ0) is 17.5. The van der Waals surface area contributed by atoms with E-state index in [9.17, 15) is 0 Å². The first-order valence-corrected chi connectivity index (χ1v) is 9.09. The number of nitrogens with one attached hydrogen (secondary N) is 1. The van der Waals surface area contributed by atoms with Crippen molar-refractivity contribution in [1.29, 1.82) is 0 Å². The standard InChI is InChI=1S/C19H14N4O2S/c24-23-15-4-1-11-9-12(2-3-13(11)15)22-17-14-5-6-20-10-16(14)25-18(17)19-21-7-8-26-19/h2-3,5-10,22,24H,1,4H2/b23-15+. The van der Waals surface area contributed by atoms with Crippen LogP contribution in [-0.2, 0) is 6.42 Å². The molecule has 0 aliphatic heterocycles. The molecule has 6 nitrogen and oxygen atoms in total. The van der Waals surface area contributed by atoms with Crippen LogP contribution >= 0.6 is 11.3 Å². The predicted molar refractivity (Wildman–Crippen MR) is 101 cm³/mol. The Labute approximate surface area is 152 Å². The van der Waals surface area contributed by atoms with E-state index < -0.39 is 0 Å². The van der Waals surface area contributed by atoms with Crippen LogP contribution in [0.3, 0.4) is 0 Å². The van der Waals surface area contributed by atoms with Gasteiger partial charge < -0.3 is 14.9 Å². The third kappa shape index (κ3) is 2.36. The number of rotatable bonds is 3. The maximum Gasteiger partial charge on any atom is 0.187 e. The molecule has 0 radical (unpaired) electrons. The van der Waals surface area contributed by atoms with E-state index in [1.54, 1.807) is 18.6 Å². The third-order valence-corrected chi connectivity index (χ3v) is 5.33. The van der Waals surface area contributed by atoms with Crippen LogP contribution < -0.4 is 5.32 Å². The maximum absolute atomic E-state index is 9.10. The van der Waals surface area contributed by atoms with E-state index in [2.05, 4.69) is 26.5 Å². The largest absolute Gasteiger partial charge is 0.450 e. The predicted octanol–water partition coefficient (Wildman–Crippen LogP) is 4.82. The summed E-state index contributed by atoms with van der Waals surface area (Å²) in [5.41, 5.74) is 5.49. The molecule has 0 bridgehead atoms. The van der Waals surface area contributed by atoms with Gasteiger partial charge >= 0.3 is 0 Å². The van der Waals surface area contributed by atoms with Crippen LogP contribution in [0.1, 0.15) is 17.5 Å². The smallest absolute Gasteiger partial charge is 0.187 e. The highest BCUT2D eigenvalue weighted by Gasteiger charge is 2.21. The fraction of sp³-hybridized carbons (Fsp3) is 0.105. The number of thiazole rings is 1. The Kier molecular flexibility index (Phi) is 3.46. The molecule has 128 valence electrons. The van der Waals surface area contributed by atoms with Crippen molar-refractivity contribution in [3.8, 4) is 10.8 Å². The van der Waals surface area contributed by atoms with E-state index in [0.717, 1.165) is 51.5 Å². The van der Waals surface area contributed by atoms with Gasteiger partial charge in [0.1, 0.15) is 0 Å². The highest BCUT2D eigenvalue weighted by molar-refractivity contribution is 7.13. The minimum atomic E-state index is 0.709. The molecule has 2 N–H and O–H groups in total. The Morgan fingerprint density at radius 2 is 2.15 bits per heavy atom. The number of aromatic nitrogens is 2. The number of aryl methyl sites for hydroxylation is 1. The van der Waals surface area contributed by atoms with Crippen molar-refractivity contribution in [1.82, 2.24) is 9.97 Å². The summed E-state index contributed by atoms with van der Waals surface area (Å²) in [5.74, 6) is 0.709. The van der Waals surface area contributed by atoms with Crippen LogP contribution in [-0.4, -0.2) is 20.9 Å². The summed E-state index contributed by atoms with van der Waals surface area (Å²) >= 11 is 1.53. The van der Waals surface area contributed by atoms with Gasteiger partial charge in [-0.05, 0) is 36.6 Å². The highest BCUT2D eigenvalue weighted by Crippen LogP contribution is 2.40. The summed E-state index contributed by atoms with van der Waals surface area (Å²) in [4.78, 5) is 8.53. The first-order chi connectivity index (χ1) is 12.8. The van der Waals surface area contributed by atoms with E-state index in [0.29, 0.717) is 5.76 Å². The van der Waals surface area contributed by atoms with Crippen molar-refractivity contribution in [2.45, 2.75) is 12.8 Å². The van der Waals surface area contributed by atoms with Crippen LogP contribution in [0.4, 0.5) is 11.4 Å². The fourth-order valence-corrected chi connectivity index (χ4v) is 3.98. The zero-order valence-electron chi connectivity index (χ0n) is 13.6. The van der Waals surface area contributed by atoms with E-state index in [-0.39, 0.29) is 0 Å². The second kappa shape index (κ2) is 5.96. The number of fused-ring (bicyclic) bond motifs is 2. The lowest BCUT2D eigenvalue weighted by molar-refractivity contribution is 0.318. The number of anilines is 2. The molecule has 4 aromatic rings. The summed E-state index contributed by atoms with van der Waals surface area (Å²) in [6.07, 6.45) is 6.87. The van der Waals surface area contributed by atoms with Crippen molar-refractivity contribution in [3.05, 3.63) is 59.4 Å². The molecular formula is C19H14N4O2S. The van der Waals surface area contributed by atoms with Crippen molar-refractivity contribution in [2.24, 2.45) is 5.16 Å². The van der Waals surface area contributed by atoms with Gasteiger partial charge in [0.05, 0.1) is 17.6 Å². The number of hydrogen-bond acceptors (Lipinski definition) is 7. The average molecular weight is 362 g/mol. The van der Waals surface area contributed by atoms with Gasteiger partial charge in [-0.3, -0.25) is 4.98 Å². The first-order valence-electron chi connectivity index (χ1n) is 8.21. The molecular weight excluding hydrogens is 348 g/mol. The van der Waals surface area contributed by atoms with Crippen molar-refractivity contribution < 1.29 is 9.62 Å². The number of benzene rings is 1. The molecule has 0 fully saturated rings. The van der Waals surface area contributed by atoms with Crippen LogP contribution in [0, 0.1) is 0 Å². The Morgan fingerprint density at radius 3 is 3.00 bits per heavy atom. The van der Waals surface area contributed by atoms with Crippen molar-refractivity contribution >= 4 is 39.4 Å². The summed E-state index contributed by atoms with van der Waals surface area (Å²) in [7, 11) is 0. The number of nitrogens with zero attached hydrogens (tertiary/aromatic N) is 3. The summed E-state index contributed by atoms with van der Waals surface area (Å²) < 4.78 is 6.01. The molecule has 0 amide bonds. The second-order valence-electron chi connectivity index (χ2n) is 6.06. The molecule has 26 heavy (non-hydrogen) atoms. The van der Waals surface area contributed by atoms with E-state index >= 15 is 0 Å². The monoisotopic (exact) mass is 362 g/mol. The lowest BCUT2D eigenvalue weighted by Crippen LogP contribution is -1.96. The van der Waals surface area contributed by atoms with Crippen molar-refractivity contribution in [3.63, 3.8) is 0 Å². The van der Waals surface area contributed by atoms with Gasteiger partial charge in [0.25, 0.3) is 0 Å². The molecule has 3 aromatic heterocycles. The number of hydrogen-bond donors (Lipinski definition) is 2. The lowest BCUT2D eigenvalue weighted by atomic mass is 10.1. The van der Waals surface area contributed by atoms with Gasteiger partial charge in [0, 0.05) is 34.4 Å². The number of pyridine rings is 1. The van der Waals surface area contributed by atoms with Crippen molar-refractivity contribution in [2.75, 3.05) is 5.32 Å². The molecule has 5 rings (SSSR count). The van der Waals surface area contributed by atoms with Gasteiger partial charge in [-0.1, -0.05) is 11.2 Å². The van der Waals surface area contributed by atoms with Gasteiger partial charge in [-0.15, -0.1) is 11.3 Å². The molecule has 0 unspecified atom stereocenters. The van der Waals surface area contributed by atoms with Crippen LogP contribution in [0.5, 0.6) is 0 Å². The zero-order valence-corrected chi connectivity index (χ0v) is 14.5. The van der Waals surface area contributed by atoms with E-state index in [1.807, 2.05) is 23.6 Å². The SMILES string of the molecule is O/N=C1\CCc2cc(Nc3c(-c4nccs4)oc4cnccc34)ccc21. The van der Waals surface area contributed by atoms with Crippen LogP contribution in [0.2, 0.25) is 0 Å². The quantitative estimate of drug-likeness (QED) is 0.403. The molecule has 1 aliphatic rings. The number of oxime groups is 1. The minimum absolute atomic E-state index is 0.709. The molecule has 0 saturated carbocycles. The summed E-state index contributed by atoms with van der Waals surface area (Å²) in [5, 5.41) is 19.7. The van der Waals surface area contributed by atoms with E-state index in [1.165, 1.54) is 16.9 Å². The first kappa shape index (κ1) is 15.1. The average Bonchev–Trinajstić information content (AvgIpc) is 3.40. The molecule has 1 aliphatic carbocycles. The number of furan rings is 1. The molecule has 0 atom stereocenters. The van der Waals surface area contributed by atoms with Gasteiger partial charge in [0.2, 0.25) is 0 Å². The fourth-order valence-electron chi connectivity index (χ4n) is 3.36. The summed E-state index contributed by atoms with van der Waals surface area (Å²) in [6, 6.07) is 8.01. The van der Waals surface area contributed by atoms with Gasteiger partial charge in [0.15, 0.2) is 16.4 Å². The minimum Gasteiger partial charge on any atom is -0.450 e. The second-order valence-corrected chi connectivity index (χ2v) is 6.95. The van der Waals surface area contributed by atoms with E-state index in [4.69, 9.17) is 9.62 Å². The van der Waals surface area contributed by atoms with Crippen LogP contribution in [0.25, 0.3) is 21.7 Å². The Morgan fingerprint density at radius 1 is 1.19 bits per heavy atom. The third-order valence-electron chi connectivity index (χ3n) is 4.56. The van der Waals surface area contributed by atoms with Crippen LogP contribution in [0.15, 0.2) is 57.8 Å². The normalized spacial score (nSPS) is 14.8. The Bertz CT molecular complexity index is 1130. The topological polar surface area (TPSA) is 83.5 Å². The Hall–Kier alpha value is -3.19. The van der Waals surface area contributed by atoms with Gasteiger partial charge in [-0.2, -0.15) is 0 Å². The summed E-state index contributed by atoms with van der Waals surface area (Å²) in [6.45, 7) is 0.